The number of rotatable bonds is 2. The molecule has 1 aromatic heterocycles. The first-order chi connectivity index (χ1) is 7.12. The molecule has 4 heteroatoms. The Bertz CT molecular complexity index is 366. The van der Waals surface area contributed by atoms with Gasteiger partial charge in [-0.1, -0.05) is 0 Å². The van der Waals surface area contributed by atoms with Gasteiger partial charge < -0.3 is 10.5 Å². The molecule has 2 N–H and O–H groups in total. The van der Waals surface area contributed by atoms with E-state index in [1.54, 1.807) is 11.3 Å². The van der Waals surface area contributed by atoms with Crippen molar-refractivity contribution in [2.24, 2.45) is 5.73 Å². The molecular weight excluding hydrogens is 210 g/mol. The van der Waals surface area contributed by atoms with Crippen LogP contribution in [0.15, 0.2) is 11.4 Å². The van der Waals surface area contributed by atoms with Crippen LogP contribution in [0.4, 0.5) is 0 Å². The van der Waals surface area contributed by atoms with E-state index < -0.39 is 5.54 Å². The molecule has 15 heavy (non-hydrogen) atoms. The molecular formula is C11H15NO2S. The maximum atomic E-state index is 12.2. The number of Topliss-reactive ketones (excluding diaryl/α,β-unsaturated/α-hetero) is 1. The van der Waals surface area contributed by atoms with Crippen LogP contribution >= 0.6 is 11.3 Å². The first-order valence-electron chi connectivity index (χ1n) is 5.08. The van der Waals surface area contributed by atoms with Crippen molar-refractivity contribution in [3.8, 4) is 0 Å². The van der Waals surface area contributed by atoms with E-state index in [9.17, 15) is 4.79 Å². The van der Waals surface area contributed by atoms with Crippen LogP contribution in [0.3, 0.4) is 0 Å². The second-order valence-corrected chi connectivity index (χ2v) is 5.16. The molecule has 0 unspecified atom stereocenters. The van der Waals surface area contributed by atoms with Gasteiger partial charge in [0.1, 0.15) is 0 Å². The van der Waals surface area contributed by atoms with Crippen LogP contribution in [0.1, 0.15) is 28.1 Å². The number of carbonyl (C=O) groups excluding carboxylic acids is 1. The molecule has 0 aliphatic carbocycles. The Morgan fingerprint density at radius 3 is 2.73 bits per heavy atom. The predicted molar refractivity (Wildman–Crippen MR) is 60.4 cm³/mol. The highest BCUT2D eigenvalue weighted by molar-refractivity contribution is 7.10. The van der Waals surface area contributed by atoms with Crippen molar-refractivity contribution < 1.29 is 9.53 Å². The normalized spacial score (nSPS) is 20.1. The van der Waals surface area contributed by atoms with Crippen LogP contribution in [0.2, 0.25) is 0 Å². The first-order valence-corrected chi connectivity index (χ1v) is 5.96. The van der Waals surface area contributed by atoms with Gasteiger partial charge in [-0.3, -0.25) is 4.79 Å². The summed E-state index contributed by atoms with van der Waals surface area (Å²) in [6.45, 7) is 3.17. The fourth-order valence-electron chi connectivity index (χ4n) is 1.81. The molecule has 0 bridgehead atoms. The summed E-state index contributed by atoms with van der Waals surface area (Å²) in [4.78, 5) is 13.3. The van der Waals surface area contributed by atoms with E-state index in [-0.39, 0.29) is 5.78 Å². The molecule has 0 amide bonds. The van der Waals surface area contributed by atoms with E-state index in [4.69, 9.17) is 10.5 Å². The van der Waals surface area contributed by atoms with Gasteiger partial charge in [-0.2, -0.15) is 0 Å². The van der Waals surface area contributed by atoms with Gasteiger partial charge in [0.2, 0.25) is 0 Å². The SMILES string of the molecule is Cc1cc(C(=O)C2(N)CCOCC2)cs1. The lowest BCUT2D eigenvalue weighted by Crippen LogP contribution is -2.51. The Morgan fingerprint density at radius 2 is 2.20 bits per heavy atom. The van der Waals surface area contributed by atoms with Gasteiger partial charge in [-0.05, 0) is 25.8 Å². The van der Waals surface area contributed by atoms with Crippen LogP contribution in [0.5, 0.6) is 0 Å². The third-order valence-electron chi connectivity index (χ3n) is 2.83. The monoisotopic (exact) mass is 225 g/mol. The molecule has 0 atom stereocenters. The molecule has 3 nitrogen and oxygen atoms in total. The Kier molecular flexibility index (Phi) is 2.91. The summed E-state index contributed by atoms with van der Waals surface area (Å²) in [5, 5.41) is 1.89. The summed E-state index contributed by atoms with van der Waals surface area (Å²) >= 11 is 1.59. The Balaban J connectivity index is 2.19. The number of nitrogens with two attached hydrogens (primary N) is 1. The zero-order valence-electron chi connectivity index (χ0n) is 8.79. The lowest BCUT2D eigenvalue weighted by Gasteiger charge is -2.31. The van der Waals surface area contributed by atoms with Crippen LogP contribution in [0, 0.1) is 6.92 Å². The molecule has 82 valence electrons. The Morgan fingerprint density at radius 1 is 1.53 bits per heavy atom. The molecule has 0 radical (unpaired) electrons. The molecule has 1 aromatic rings. The van der Waals surface area contributed by atoms with Crippen LogP contribution in [0.25, 0.3) is 0 Å². The Labute approximate surface area is 93.2 Å². The van der Waals surface area contributed by atoms with E-state index in [0.717, 1.165) is 10.4 Å². The quantitative estimate of drug-likeness (QED) is 0.780. The molecule has 1 fully saturated rings. The summed E-state index contributed by atoms with van der Waals surface area (Å²) in [5.41, 5.74) is 6.17. The first kappa shape index (κ1) is 10.8. The van der Waals surface area contributed by atoms with E-state index in [0.29, 0.717) is 26.1 Å². The summed E-state index contributed by atoms with van der Waals surface area (Å²) in [6.07, 6.45) is 1.25. The smallest absolute Gasteiger partial charge is 0.183 e. The predicted octanol–water partition coefficient (Wildman–Crippen LogP) is 1.75. The van der Waals surface area contributed by atoms with Gasteiger partial charge in [-0.15, -0.1) is 11.3 Å². The third kappa shape index (κ3) is 2.12. The van der Waals surface area contributed by atoms with Gasteiger partial charge in [0.05, 0.1) is 5.54 Å². The van der Waals surface area contributed by atoms with Crippen molar-refractivity contribution in [1.29, 1.82) is 0 Å². The average molecular weight is 225 g/mol. The van der Waals surface area contributed by atoms with E-state index in [1.165, 1.54) is 0 Å². The van der Waals surface area contributed by atoms with Crippen LogP contribution in [-0.2, 0) is 4.74 Å². The molecule has 0 saturated carbocycles. The molecule has 1 aliphatic heterocycles. The number of ether oxygens (including phenoxy) is 1. The highest BCUT2D eigenvalue weighted by atomic mass is 32.1. The molecule has 1 aliphatic rings. The van der Waals surface area contributed by atoms with Crippen molar-refractivity contribution in [2.75, 3.05) is 13.2 Å². The lowest BCUT2D eigenvalue weighted by molar-refractivity contribution is 0.0448. The number of carbonyl (C=O) groups is 1. The van der Waals surface area contributed by atoms with Crippen molar-refractivity contribution in [2.45, 2.75) is 25.3 Å². The Hall–Kier alpha value is -0.710. The van der Waals surface area contributed by atoms with Crippen molar-refractivity contribution in [1.82, 2.24) is 0 Å². The van der Waals surface area contributed by atoms with E-state index in [2.05, 4.69) is 0 Å². The van der Waals surface area contributed by atoms with Gasteiger partial charge in [0.15, 0.2) is 5.78 Å². The maximum absolute atomic E-state index is 12.2. The minimum absolute atomic E-state index is 0.0650. The molecule has 2 heterocycles. The fraction of sp³-hybridized carbons (Fsp3) is 0.545. The number of hydrogen-bond donors (Lipinski definition) is 1. The largest absolute Gasteiger partial charge is 0.381 e. The van der Waals surface area contributed by atoms with Crippen LogP contribution in [-0.4, -0.2) is 24.5 Å². The van der Waals surface area contributed by atoms with E-state index in [1.807, 2.05) is 18.4 Å². The second-order valence-electron chi connectivity index (χ2n) is 4.04. The van der Waals surface area contributed by atoms with Gasteiger partial charge >= 0.3 is 0 Å². The number of hydrogen-bond acceptors (Lipinski definition) is 4. The average Bonchev–Trinajstić information content (AvgIpc) is 2.65. The topological polar surface area (TPSA) is 52.3 Å². The maximum Gasteiger partial charge on any atom is 0.183 e. The van der Waals surface area contributed by atoms with Gasteiger partial charge in [-0.25, -0.2) is 0 Å². The minimum atomic E-state index is -0.703. The minimum Gasteiger partial charge on any atom is -0.381 e. The summed E-state index contributed by atoms with van der Waals surface area (Å²) in [5.74, 6) is 0.0650. The summed E-state index contributed by atoms with van der Waals surface area (Å²) in [7, 11) is 0. The zero-order valence-corrected chi connectivity index (χ0v) is 9.60. The number of thiophene rings is 1. The molecule has 0 spiro atoms. The molecule has 0 aromatic carbocycles. The summed E-state index contributed by atoms with van der Waals surface area (Å²) in [6, 6.07) is 1.91. The summed E-state index contributed by atoms with van der Waals surface area (Å²) < 4.78 is 5.23. The van der Waals surface area contributed by atoms with Gasteiger partial charge in [0, 0.05) is 29.0 Å². The van der Waals surface area contributed by atoms with Crippen molar-refractivity contribution >= 4 is 17.1 Å². The van der Waals surface area contributed by atoms with Gasteiger partial charge in [0.25, 0.3) is 0 Å². The van der Waals surface area contributed by atoms with E-state index >= 15 is 0 Å². The van der Waals surface area contributed by atoms with Crippen molar-refractivity contribution in [3.05, 3.63) is 21.9 Å². The molecule has 2 rings (SSSR count). The zero-order chi connectivity index (χ0) is 10.9. The number of ketones is 1. The van der Waals surface area contributed by atoms with Crippen LogP contribution < -0.4 is 5.73 Å². The van der Waals surface area contributed by atoms with Crippen molar-refractivity contribution in [3.63, 3.8) is 0 Å². The highest BCUT2D eigenvalue weighted by Gasteiger charge is 2.36. The number of aryl methyl sites for hydroxylation is 1. The second kappa shape index (κ2) is 4.04. The fourth-order valence-corrected chi connectivity index (χ4v) is 2.50. The lowest BCUT2D eigenvalue weighted by atomic mass is 9.84. The molecule has 1 saturated heterocycles. The standard InChI is InChI=1S/C11H15NO2S/c1-8-6-9(7-15-8)10(13)11(12)2-4-14-5-3-11/h6-7H,2-5,12H2,1H3. The highest BCUT2D eigenvalue weighted by Crippen LogP contribution is 2.25. The third-order valence-corrected chi connectivity index (χ3v) is 3.69.